The second kappa shape index (κ2) is 4.59. The summed E-state index contributed by atoms with van der Waals surface area (Å²) in [6.45, 7) is 4.91. The molecule has 4 nitrogen and oxygen atoms in total. The van der Waals surface area contributed by atoms with Gasteiger partial charge in [0, 0.05) is 19.1 Å². The summed E-state index contributed by atoms with van der Waals surface area (Å²) in [4.78, 5) is 0. The summed E-state index contributed by atoms with van der Waals surface area (Å²) in [5, 5.41) is 0. The lowest BCUT2D eigenvalue weighted by atomic mass is 9.94. The maximum atomic E-state index is 11.7. The Hall–Kier alpha value is -0.130. The third-order valence-corrected chi connectivity index (χ3v) is 4.84. The summed E-state index contributed by atoms with van der Waals surface area (Å²) < 4.78 is 25.0. The molecule has 0 aromatic carbocycles. The summed E-state index contributed by atoms with van der Waals surface area (Å²) in [5.74, 6) is 0.768. The van der Waals surface area contributed by atoms with Gasteiger partial charge in [-0.1, -0.05) is 6.92 Å². The summed E-state index contributed by atoms with van der Waals surface area (Å²) in [6, 6.07) is 0.0173. The van der Waals surface area contributed by atoms with Gasteiger partial charge >= 0.3 is 0 Å². The van der Waals surface area contributed by atoms with Gasteiger partial charge in [0.25, 0.3) is 0 Å². The minimum absolute atomic E-state index is 0.0173. The van der Waals surface area contributed by atoms with Crippen LogP contribution in [0.5, 0.6) is 0 Å². The predicted molar refractivity (Wildman–Crippen MR) is 57.4 cm³/mol. The van der Waals surface area contributed by atoms with Crippen molar-refractivity contribution < 1.29 is 8.42 Å². The third kappa shape index (κ3) is 2.46. The van der Waals surface area contributed by atoms with Crippen LogP contribution < -0.4 is 5.73 Å². The van der Waals surface area contributed by atoms with Crippen LogP contribution in [0.25, 0.3) is 0 Å². The zero-order chi connectivity index (χ0) is 10.8. The number of piperidine rings is 1. The van der Waals surface area contributed by atoms with Crippen LogP contribution in [-0.4, -0.2) is 37.6 Å². The molecule has 0 saturated carbocycles. The molecule has 0 bridgehead atoms. The summed E-state index contributed by atoms with van der Waals surface area (Å²) in [5.41, 5.74) is 5.60. The maximum absolute atomic E-state index is 11.7. The van der Waals surface area contributed by atoms with Crippen molar-refractivity contribution in [3.63, 3.8) is 0 Å². The normalized spacial score (nSPS) is 30.5. The molecule has 1 aliphatic heterocycles. The second-order valence-electron chi connectivity index (χ2n) is 4.03. The van der Waals surface area contributed by atoms with Gasteiger partial charge in [-0.2, -0.15) is 4.31 Å². The van der Waals surface area contributed by atoms with E-state index in [4.69, 9.17) is 5.73 Å². The number of rotatable bonds is 3. The largest absolute Gasteiger partial charge is 0.329 e. The lowest BCUT2D eigenvalue weighted by molar-refractivity contribution is 0.211. The van der Waals surface area contributed by atoms with E-state index >= 15 is 0 Å². The van der Waals surface area contributed by atoms with Crippen LogP contribution >= 0.6 is 0 Å². The molecular weight excluding hydrogens is 200 g/mol. The molecule has 2 N–H and O–H groups in total. The first-order chi connectivity index (χ1) is 6.51. The molecule has 1 aliphatic rings. The Balaban J connectivity index is 2.78. The van der Waals surface area contributed by atoms with Crippen LogP contribution in [0.15, 0.2) is 0 Å². The monoisotopic (exact) mass is 220 g/mol. The summed E-state index contributed by atoms with van der Waals surface area (Å²) >= 11 is 0. The minimum atomic E-state index is -3.05. The van der Waals surface area contributed by atoms with Gasteiger partial charge in [-0.15, -0.1) is 0 Å². The van der Waals surface area contributed by atoms with E-state index in [1.807, 2.05) is 0 Å². The van der Waals surface area contributed by atoms with Gasteiger partial charge in [-0.05, 0) is 25.7 Å². The first-order valence-electron chi connectivity index (χ1n) is 5.20. The molecule has 1 heterocycles. The molecule has 84 valence electrons. The van der Waals surface area contributed by atoms with E-state index in [9.17, 15) is 8.42 Å². The number of sulfonamides is 1. The van der Waals surface area contributed by atoms with E-state index in [0.717, 1.165) is 12.8 Å². The Kier molecular flexibility index (Phi) is 3.92. The molecule has 0 aliphatic carbocycles. The van der Waals surface area contributed by atoms with E-state index < -0.39 is 10.0 Å². The highest BCUT2D eigenvalue weighted by molar-refractivity contribution is 7.89. The van der Waals surface area contributed by atoms with Crippen molar-refractivity contribution in [1.29, 1.82) is 0 Å². The first kappa shape index (κ1) is 11.9. The second-order valence-corrected chi connectivity index (χ2v) is 6.24. The molecular formula is C9H20N2O2S. The highest BCUT2D eigenvalue weighted by Crippen LogP contribution is 2.24. The highest BCUT2D eigenvalue weighted by atomic mass is 32.2. The third-order valence-electron chi connectivity index (χ3n) is 2.92. The fourth-order valence-corrected chi connectivity index (χ4v) is 3.32. The Bertz CT molecular complexity index is 277. The van der Waals surface area contributed by atoms with Crippen LogP contribution in [0.2, 0.25) is 0 Å². The molecule has 1 rings (SSSR count). The van der Waals surface area contributed by atoms with E-state index in [1.165, 1.54) is 0 Å². The van der Waals surface area contributed by atoms with Gasteiger partial charge in [-0.3, -0.25) is 0 Å². The zero-order valence-electron chi connectivity index (χ0n) is 8.94. The van der Waals surface area contributed by atoms with Crippen LogP contribution in [0, 0.1) is 5.92 Å². The van der Waals surface area contributed by atoms with Gasteiger partial charge < -0.3 is 5.73 Å². The van der Waals surface area contributed by atoms with Crippen LogP contribution in [0.1, 0.15) is 26.7 Å². The van der Waals surface area contributed by atoms with E-state index in [0.29, 0.717) is 19.0 Å². The van der Waals surface area contributed by atoms with Crippen molar-refractivity contribution in [2.24, 2.45) is 11.7 Å². The zero-order valence-corrected chi connectivity index (χ0v) is 9.76. The van der Waals surface area contributed by atoms with Crippen molar-refractivity contribution in [1.82, 2.24) is 4.31 Å². The van der Waals surface area contributed by atoms with Crippen molar-refractivity contribution in [3.05, 3.63) is 0 Å². The Labute approximate surface area is 86.5 Å². The molecule has 0 spiro atoms. The molecule has 0 amide bonds. The fourth-order valence-electron chi connectivity index (χ4n) is 1.98. The van der Waals surface area contributed by atoms with Crippen molar-refractivity contribution in [3.8, 4) is 0 Å². The van der Waals surface area contributed by atoms with Gasteiger partial charge in [0.2, 0.25) is 10.0 Å². The van der Waals surface area contributed by atoms with Gasteiger partial charge in [-0.25, -0.2) is 8.42 Å². The number of hydrogen-bond acceptors (Lipinski definition) is 3. The van der Waals surface area contributed by atoms with Crippen molar-refractivity contribution >= 4 is 10.0 Å². The fraction of sp³-hybridized carbons (Fsp3) is 1.00. The van der Waals surface area contributed by atoms with Gasteiger partial charge in [0.1, 0.15) is 0 Å². The standard InChI is InChI=1S/C9H20N2O2S/c1-3-14(12,13)11-5-4-8(2)6-9(11)7-10/h8-9H,3-7,10H2,1-2H3. The molecule has 5 heteroatoms. The Morgan fingerprint density at radius 1 is 1.50 bits per heavy atom. The molecule has 0 radical (unpaired) electrons. The number of nitrogens with two attached hydrogens (primary N) is 1. The van der Waals surface area contributed by atoms with Gasteiger partial charge in [0.05, 0.1) is 5.75 Å². The molecule has 2 atom stereocenters. The topological polar surface area (TPSA) is 63.4 Å². The molecule has 2 unspecified atom stereocenters. The molecule has 1 saturated heterocycles. The average molecular weight is 220 g/mol. The lowest BCUT2D eigenvalue weighted by Crippen LogP contribution is -2.49. The maximum Gasteiger partial charge on any atom is 0.214 e. The van der Waals surface area contributed by atoms with Gasteiger partial charge in [0.15, 0.2) is 0 Å². The Morgan fingerprint density at radius 3 is 2.64 bits per heavy atom. The molecule has 1 fully saturated rings. The average Bonchev–Trinajstić information content (AvgIpc) is 2.17. The molecule has 0 aromatic rings. The minimum Gasteiger partial charge on any atom is -0.329 e. The van der Waals surface area contributed by atoms with E-state index in [2.05, 4.69) is 6.92 Å². The quantitative estimate of drug-likeness (QED) is 0.748. The number of hydrogen-bond donors (Lipinski definition) is 1. The molecule has 14 heavy (non-hydrogen) atoms. The predicted octanol–water partition coefficient (Wildman–Crippen LogP) is 0.395. The van der Waals surface area contributed by atoms with Crippen LogP contribution in [0.3, 0.4) is 0 Å². The molecule has 0 aromatic heterocycles. The number of nitrogens with zero attached hydrogens (tertiary/aromatic N) is 1. The van der Waals surface area contributed by atoms with E-state index in [-0.39, 0.29) is 11.8 Å². The summed E-state index contributed by atoms with van der Waals surface area (Å²) in [7, 11) is -3.05. The first-order valence-corrected chi connectivity index (χ1v) is 6.81. The lowest BCUT2D eigenvalue weighted by Gasteiger charge is -2.36. The Morgan fingerprint density at radius 2 is 2.14 bits per heavy atom. The van der Waals surface area contributed by atoms with Crippen molar-refractivity contribution in [2.75, 3.05) is 18.8 Å². The smallest absolute Gasteiger partial charge is 0.214 e. The van der Waals surface area contributed by atoms with Crippen LogP contribution in [-0.2, 0) is 10.0 Å². The van der Waals surface area contributed by atoms with Crippen molar-refractivity contribution in [2.45, 2.75) is 32.7 Å². The SMILES string of the molecule is CCS(=O)(=O)N1CCC(C)CC1CN. The summed E-state index contributed by atoms with van der Waals surface area (Å²) in [6.07, 6.45) is 1.85. The highest BCUT2D eigenvalue weighted by Gasteiger charge is 2.32. The van der Waals surface area contributed by atoms with E-state index in [1.54, 1.807) is 11.2 Å². The van der Waals surface area contributed by atoms with Crippen LogP contribution in [0.4, 0.5) is 0 Å².